The first-order valence-electron chi connectivity index (χ1n) is 4.77. The van der Waals surface area contributed by atoms with E-state index in [0.29, 0.717) is 18.7 Å². The highest BCUT2D eigenvalue weighted by molar-refractivity contribution is 7.99. The maximum Gasteiger partial charge on any atom is 0.252 e. The molecule has 1 nitrogen and oxygen atoms in total. The fourth-order valence-corrected chi connectivity index (χ4v) is 2.80. The minimum Gasteiger partial charge on any atom is -0.320 e. The van der Waals surface area contributed by atoms with Crippen LogP contribution in [0.1, 0.15) is 19.3 Å². The van der Waals surface area contributed by atoms with Gasteiger partial charge in [0.1, 0.15) is 0 Å². The van der Waals surface area contributed by atoms with Gasteiger partial charge in [0.2, 0.25) is 0 Å². The van der Waals surface area contributed by atoms with Crippen molar-refractivity contribution in [3.8, 4) is 0 Å². The summed E-state index contributed by atoms with van der Waals surface area (Å²) in [6.45, 7) is 0.411. The van der Waals surface area contributed by atoms with Gasteiger partial charge in [-0.25, -0.2) is 8.78 Å². The SMILES string of the molecule is CNCCC(F)(F)C1CCCSC1. The lowest BCUT2D eigenvalue weighted by Crippen LogP contribution is -2.34. The molecule has 1 fully saturated rings. The van der Waals surface area contributed by atoms with Crippen LogP contribution in [0.5, 0.6) is 0 Å². The van der Waals surface area contributed by atoms with Gasteiger partial charge in [0, 0.05) is 24.6 Å². The summed E-state index contributed by atoms with van der Waals surface area (Å²) in [7, 11) is 1.71. The van der Waals surface area contributed by atoms with Crippen LogP contribution in [-0.4, -0.2) is 31.0 Å². The molecule has 13 heavy (non-hydrogen) atoms. The van der Waals surface area contributed by atoms with Crippen molar-refractivity contribution in [3.05, 3.63) is 0 Å². The third kappa shape index (κ3) is 3.43. The smallest absolute Gasteiger partial charge is 0.252 e. The van der Waals surface area contributed by atoms with E-state index in [1.807, 2.05) is 0 Å². The first kappa shape index (κ1) is 11.2. The van der Waals surface area contributed by atoms with Crippen molar-refractivity contribution in [1.82, 2.24) is 5.32 Å². The molecule has 0 spiro atoms. The number of nitrogens with one attached hydrogen (secondary N) is 1. The fraction of sp³-hybridized carbons (Fsp3) is 1.00. The van der Waals surface area contributed by atoms with E-state index in [4.69, 9.17) is 0 Å². The second kappa shape index (κ2) is 5.15. The van der Waals surface area contributed by atoms with Crippen molar-refractivity contribution in [2.45, 2.75) is 25.2 Å². The number of halogens is 2. The van der Waals surface area contributed by atoms with Crippen LogP contribution >= 0.6 is 11.8 Å². The Balaban J connectivity index is 2.36. The van der Waals surface area contributed by atoms with E-state index in [1.54, 1.807) is 18.8 Å². The first-order valence-corrected chi connectivity index (χ1v) is 5.92. The molecule has 1 saturated heterocycles. The van der Waals surface area contributed by atoms with Crippen LogP contribution in [0.25, 0.3) is 0 Å². The Labute approximate surface area is 82.7 Å². The van der Waals surface area contributed by atoms with Crippen LogP contribution in [-0.2, 0) is 0 Å². The predicted molar refractivity (Wildman–Crippen MR) is 53.5 cm³/mol. The third-order valence-electron chi connectivity index (χ3n) is 2.47. The van der Waals surface area contributed by atoms with Crippen LogP contribution in [0, 0.1) is 5.92 Å². The zero-order chi connectivity index (χ0) is 9.73. The molecule has 0 aliphatic carbocycles. The van der Waals surface area contributed by atoms with Gasteiger partial charge < -0.3 is 5.32 Å². The second-order valence-electron chi connectivity index (χ2n) is 3.53. The van der Waals surface area contributed by atoms with Crippen LogP contribution in [0.2, 0.25) is 0 Å². The summed E-state index contributed by atoms with van der Waals surface area (Å²) in [5.74, 6) is -1.16. The molecule has 78 valence electrons. The normalized spacial score (nSPS) is 24.7. The standard InChI is InChI=1S/C9H17F2NS/c1-12-5-4-9(10,11)8-3-2-6-13-7-8/h8,12H,2-7H2,1H3. The fourth-order valence-electron chi connectivity index (χ4n) is 1.57. The molecule has 0 bridgehead atoms. The Morgan fingerprint density at radius 1 is 1.54 bits per heavy atom. The summed E-state index contributed by atoms with van der Waals surface area (Å²) in [6.07, 6.45) is 1.63. The van der Waals surface area contributed by atoms with Crippen molar-refractivity contribution in [1.29, 1.82) is 0 Å². The lowest BCUT2D eigenvalue weighted by atomic mass is 9.95. The molecule has 0 aromatic rings. The molecule has 1 N–H and O–H groups in total. The number of thioether (sulfide) groups is 1. The zero-order valence-corrected chi connectivity index (χ0v) is 8.80. The van der Waals surface area contributed by atoms with E-state index in [-0.39, 0.29) is 12.3 Å². The van der Waals surface area contributed by atoms with Gasteiger partial charge in [-0.2, -0.15) is 11.8 Å². The third-order valence-corrected chi connectivity index (χ3v) is 3.68. The largest absolute Gasteiger partial charge is 0.320 e. The second-order valence-corrected chi connectivity index (χ2v) is 4.68. The summed E-state index contributed by atoms with van der Waals surface area (Å²) in [5, 5.41) is 2.78. The molecular formula is C9H17F2NS. The topological polar surface area (TPSA) is 12.0 Å². The molecule has 1 aliphatic heterocycles. The molecule has 0 saturated carbocycles. The minimum atomic E-state index is -2.46. The van der Waals surface area contributed by atoms with Gasteiger partial charge in [0.05, 0.1) is 0 Å². The number of hydrogen-bond acceptors (Lipinski definition) is 2. The lowest BCUT2D eigenvalue weighted by Gasteiger charge is -2.29. The van der Waals surface area contributed by atoms with E-state index in [2.05, 4.69) is 5.32 Å². The molecule has 1 aliphatic rings. The lowest BCUT2D eigenvalue weighted by molar-refractivity contribution is -0.0595. The van der Waals surface area contributed by atoms with Gasteiger partial charge in [-0.15, -0.1) is 0 Å². The van der Waals surface area contributed by atoms with E-state index >= 15 is 0 Å². The summed E-state index contributed by atoms with van der Waals surface area (Å²) >= 11 is 1.66. The summed E-state index contributed by atoms with van der Waals surface area (Å²) in [5.41, 5.74) is 0. The molecule has 1 atom stereocenters. The molecule has 0 aromatic carbocycles. The van der Waals surface area contributed by atoms with Gasteiger partial charge in [-0.3, -0.25) is 0 Å². The average Bonchev–Trinajstić information content (AvgIpc) is 2.16. The average molecular weight is 209 g/mol. The molecule has 1 heterocycles. The quantitative estimate of drug-likeness (QED) is 0.763. The molecular weight excluding hydrogens is 192 g/mol. The molecule has 0 amide bonds. The monoisotopic (exact) mass is 209 g/mol. The summed E-state index contributed by atoms with van der Waals surface area (Å²) in [4.78, 5) is 0. The number of alkyl halides is 2. The van der Waals surface area contributed by atoms with Gasteiger partial charge in [0.25, 0.3) is 5.92 Å². The maximum atomic E-state index is 13.4. The highest BCUT2D eigenvalue weighted by atomic mass is 32.2. The van der Waals surface area contributed by atoms with E-state index in [0.717, 1.165) is 12.2 Å². The van der Waals surface area contributed by atoms with Crippen molar-refractivity contribution in [2.75, 3.05) is 25.1 Å². The van der Waals surface area contributed by atoms with Crippen LogP contribution < -0.4 is 5.32 Å². The Morgan fingerprint density at radius 3 is 2.85 bits per heavy atom. The van der Waals surface area contributed by atoms with Gasteiger partial charge in [-0.1, -0.05) is 0 Å². The van der Waals surface area contributed by atoms with Crippen LogP contribution in [0.15, 0.2) is 0 Å². The van der Waals surface area contributed by atoms with Crippen molar-refractivity contribution >= 4 is 11.8 Å². The van der Waals surface area contributed by atoms with Crippen LogP contribution in [0.4, 0.5) is 8.78 Å². The highest BCUT2D eigenvalue weighted by Crippen LogP contribution is 2.37. The van der Waals surface area contributed by atoms with Gasteiger partial charge in [-0.05, 0) is 25.6 Å². The van der Waals surface area contributed by atoms with E-state index in [9.17, 15) is 8.78 Å². The molecule has 1 unspecified atom stereocenters. The van der Waals surface area contributed by atoms with Crippen molar-refractivity contribution in [3.63, 3.8) is 0 Å². The number of hydrogen-bond donors (Lipinski definition) is 1. The van der Waals surface area contributed by atoms with Gasteiger partial charge >= 0.3 is 0 Å². The number of rotatable bonds is 4. The summed E-state index contributed by atoms with van der Waals surface area (Å²) in [6, 6.07) is 0. The van der Waals surface area contributed by atoms with Crippen molar-refractivity contribution < 1.29 is 8.78 Å². The molecule has 0 radical (unpaired) electrons. The highest BCUT2D eigenvalue weighted by Gasteiger charge is 2.39. The molecule has 1 rings (SSSR count). The minimum absolute atomic E-state index is 0.0191. The maximum absolute atomic E-state index is 13.4. The van der Waals surface area contributed by atoms with Crippen molar-refractivity contribution in [2.24, 2.45) is 5.92 Å². The first-order chi connectivity index (χ1) is 6.17. The summed E-state index contributed by atoms with van der Waals surface area (Å²) < 4.78 is 26.9. The van der Waals surface area contributed by atoms with Crippen LogP contribution in [0.3, 0.4) is 0 Å². The predicted octanol–water partition coefficient (Wildman–Crippen LogP) is 2.37. The van der Waals surface area contributed by atoms with E-state index < -0.39 is 5.92 Å². The molecule has 4 heteroatoms. The Hall–Kier alpha value is 0.170. The Morgan fingerprint density at radius 2 is 2.31 bits per heavy atom. The van der Waals surface area contributed by atoms with E-state index in [1.165, 1.54) is 0 Å². The van der Waals surface area contributed by atoms with Gasteiger partial charge in [0.15, 0.2) is 0 Å². The zero-order valence-electron chi connectivity index (χ0n) is 7.98. The Kier molecular flexibility index (Phi) is 4.46. The Bertz CT molecular complexity index is 147. The molecule has 0 aromatic heterocycles.